The lowest BCUT2D eigenvalue weighted by Crippen LogP contribution is -2.50. The van der Waals surface area contributed by atoms with Gasteiger partial charge < -0.3 is 20.7 Å². The number of likely N-dealkylation sites (tertiary alicyclic amines) is 1. The van der Waals surface area contributed by atoms with Crippen molar-refractivity contribution in [2.75, 3.05) is 26.3 Å². The van der Waals surface area contributed by atoms with Gasteiger partial charge in [-0.05, 0) is 25.7 Å². The molecule has 0 radical (unpaired) electrons. The van der Waals surface area contributed by atoms with Crippen LogP contribution in [0.3, 0.4) is 0 Å². The van der Waals surface area contributed by atoms with Gasteiger partial charge in [0.05, 0.1) is 19.1 Å². The van der Waals surface area contributed by atoms with Gasteiger partial charge in [-0.25, -0.2) is 0 Å². The average molecular weight is 281 g/mol. The Hall–Kier alpha value is -1.14. The molecule has 112 valence electrons. The smallest absolute Gasteiger partial charge is 0.229 e. The van der Waals surface area contributed by atoms with Crippen LogP contribution in [0.15, 0.2) is 0 Å². The molecule has 2 heterocycles. The number of amides is 2. The van der Waals surface area contributed by atoms with Crippen LogP contribution < -0.4 is 11.1 Å². The maximum absolute atomic E-state index is 12.3. The Kier molecular flexibility index (Phi) is 3.94. The van der Waals surface area contributed by atoms with Crippen LogP contribution in [0.4, 0.5) is 0 Å². The summed E-state index contributed by atoms with van der Waals surface area (Å²) in [6.07, 6.45) is 3.74. The summed E-state index contributed by atoms with van der Waals surface area (Å²) in [5.74, 6) is 0.374. The number of piperidine rings is 1. The van der Waals surface area contributed by atoms with Crippen LogP contribution in [-0.4, -0.2) is 55.1 Å². The molecular formula is C14H23N3O3. The van der Waals surface area contributed by atoms with Crippen LogP contribution in [0.2, 0.25) is 0 Å². The van der Waals surface area contributed by atoms with E-state index in [0.29, 0.717) is 26.3 Å². The number of nitrogens with one attached hydrogen (secondary N) is 1. The second-order valence-corrected chi connectivity index (χ2v) is 6.19. The van der Waals surface area contributed by atoms with E-state index in [0.717, 1.165) is 25.7 Å². The first-order chi connectivity index (χ1) is 9.65. The number of carbonyl (C=O) groups is 2. The topological polar surface area (TPSA) is 84.7 Å². The number of ether oxygens (including phenoxy) is 1. The van der Waals surface area contributed by atoms with Gasteiger partial charge in [0.25, 0.3) is 0 Å². The van der Waals surface area contributed by atoms with Gasteiger partial charge in [-0.2, -0.15) is 0 Å². The summed E-state index contributed by atoms with van der Waals surface area (Å²) in [6.45, 7) is 2.33. The lowest BCUT2D eigenvalue weighted by Gasteiger charge is -2.34. The zero-order chi connectivity index (χ0) is 14.1. The van der Waals surface area contributed by atoms with Crippen molar-refractivity contribution < 1.29 is 14.3 Å². The maximum Gasteiger partial charge on any atom is 0.229 e. The molecule has 2 atom stereocenters. The largest absolute Gasteiger partial charge is 0.379 e. The number of rotatable bonds is 3. The van der Waals surface area contributed by atoms with Gasteiger partial charge in [0.2, 0.25) is 11.8 Å². The Morgan fingerprint density at radius 1 is 1.10 bits per heavy atom. The van der Waals surface area contributed by atoms with Crippen molar-refractivity contribution in [1.82, 2.24) is 10.2 Å². The minimum Gasteiger partial charge on any atom is -0.379 e. The molecule has 3 fully saturated rings. The van der Waals surface area contributed by atoms with E-state index in [9.17, 15) is 9.59 Å². The van der Waals surface area contributed by atoms with Gasteiger partial charge in [0.15, 0.2) is 0 Å². The molecular weight excluding hydrogens is 258 g/mol. The summed E-state index contributed by atoms with van der Waals surface area (Å²) < 4.78 is 5.26. The van der Waals surface area contributed by atoms with Gasteiger partial charge in [-0.3, -0.25) is 9.59 Å². The Bertz CT molecular complexity index is 389. The second kappa shape index (κ2) is 5.69. The van der Waals surface area contributed by atoms with Crippen LogP contribution in [0.5, 0.6) is 0 Å². The Morgan fingerprint density at radius 3 is 2.35 bits per heavy atom. The van der Waals surface area contributed by atoms with E-state index in [2.05, 4.69) is 5.32 Å². The standard InChI is InChI=1S/C14H23N3O3/c15-12-8-20-7-11(12)14(19)17-5-3-10(4-6-17)16-13(18)9-1-2-9/h9-12H,1-8,15H2,(H,16,18). The molecule has 0 aromatic rings. The summed E-state index contributed by atoms with van der Waals surface area (Å²) in [7, 11) is 0. The molecule has 0 bridgehead atoms. The zero-order valence-electron chi connectivity index (χ0n) is 11.7. The lowest BCUT2D eigenvalue weighted by molar-refractivity contribution is -0.137. The molecule has 6 nitrogen and oxygen atoms in total. The van der Waals surface area contributed by atoms with Gasteiger partial charge in [0, 0.05) is 31.1 Å². The third kappa shape index (κ3) is 2.96. The first-order valence-corrected chi connectivity index (χ1v) is 7.57. The molecule has 2 amide bonds. The van der Waals surface area contributed by atoms with Crippen LogP contribution in [0.1, 0.15) is 25.7 Å². The third-order valence-electron chi connectivity index (χ3n) is 4.54. The molecule has 0 aromatic heterocycles. The van der Waals surface area contributed by atoms with E-state index < -0.39 is 0 Å². The van der Waals surface area contributed by atoms with E-state index in [-0.39, 0.29) is 35.7 Å². The molecule has 20 heavy (non-hydrogen) atoms. The fraction of sp³-hybridized carbons (Fsp3) is 0.857. The monoisotopic (exact) mass is 281 g/mol. The van der Waals surface area contributed by atoms with E-state index in [1.165, 1.54) is 0 Å². The van der Waals surface area contributed by atoms with Crippen molar-refractivity contribution in [2.24, 2.45) is 17.6 Å². The average Bonchev–Trinajstić information content (AvgIpc) is 3.21. The fourth-order valence-corrected chi connectivity index (χ4v) is 2.97. The minimum absolute atomic E-state index is 0.113. The quantitative estimate of drug-likeness (QED) is 0.729. The Labute approximate surface area is 119 Å². The van der Waals surface area contributed by atoms with Crippen LogP contribution in [-0.2, 0) is 14.3 Å². The van der Waals surface area contributed by atoms with Gasteiger partial charge in [-0.1, -0.05) is 0 Å². The van der Waals surface area contributed by atoms with Crippen LogP contribution in [0, 0.1) is 11.8 Å². The summed E-state index contributed by atoms with van der Waals surface area (Å²) in [6, 6.07) is 0.0513. The van der Waals surface area contributed by atoms with Crippen molar-refractivity contribution in [3.05, 3.63) is 0 Å². The van der Waals surface area contributed by atoms with E-state index in [1.807, 2.05) is 4.90 Å². The molecule has 2 aliphatic heterocycles. The molecule has 6 heteroatoms. The molecule has 1 saturated carbocycles. The summed E-state index contributed by atoms with van der Waals surface area (Å²) in [5, 5.41) is 3.09. The van der Waals surface area contributed by atoms with E-state index in [1.54, 1.807) is 0 Å². The fourth-order valence-electron chi connectivity index (χ4n) is 2.97. The Balaban J connectivity index is 1.45. The lowest BCUT2D eigenvalue weighted by atomic mass is 9.99. The number of hydrogen-bond donors (Lipinski definition) is 2. The van der Waals surface area contributed by atoms with E-state index >= 15 is 0 Å². The van der Waals surface area contributed by atoms with Gasteiger partial charge in [-0.15, -0.1) is 0 Å². The first kappa shape index (κ1) is 13.8. The van der Waals surface area contributed by atoms with Gasteiger partial charge in [0.1, 0.15) is 0 Å². The van der Waals surface area contributed by atoms with Crippen molar-refractivity contribution >= 4 is 11.8 Å². The number of carbonyl (C=O) groups excluding carboxylic acids is 2. The summed E-state index contributed by atoms with van der Waals surface area (Å²) >= 11 is 0. The molecule has 1 aliphatic carbocycles. The minimum atomic E-state index is -0.187. The number of nitrogens with zero attached hydrogens (tertiary/aromatic N) is 1. The number of nitrogens with two attached hydrogens (primary N) is 1. The zero-order valence-corrected chi connectivity index (χ0v) is 11.7. The summed E-state index contributed by atoms with van der Waals surface area (Å²) in [4.78, 5) is 25.9. The van der Waals surface area contributed by atoms with Crippen molar-refractivity contribution in [3.8, 4) is 0 Å². The van der Waals surface area contributed by atoms with E-state index in [4.69, 9.17) is 10.5 Å². The van der Waals surface area contributed by atoms with Crippen molar-refractivity contribution in [2.45, 2.75) is 37.8 Å². The maximum atomic E-state index is 12.3. The van der Waals surface area contributed by atoms with Gasteiger partial charge >= 0.3 is 0 Å². The first-order valence-electron chi connectivity index (χ1n) is 7.57. The molecule has 3 rings (SSSR count). The number of hydrogen-bond acceptors (Lipinski definition) is 4. The van der Waals surface area contributed by atoms with Crippen molar-refractivity contribution in [1.29, 1.82) is 0 Å². The van der Waals surface area contributed by atoms with Crippen LogP contribution in [0.25, 0.3) is 0 Å². The predicted molar refractivity (Wildman–Crippen MR) is 72.8 cm³/mol. The molecule has 3 N–H and O–H groups in total. The highest BCUT2D eigenvalue weighted by Crippen LogP contribution is 2.29. The third-order valence-corrected chi connectivity index (χ3v) is 4.54. The molecule has 2 saturated heterocycles. The summed E-state index contributed by atoms with van der Waals surface area (Å²) in [5.41, 5.74) is 5.89. The SMILES string of the molecule is NC1COCC1C(=O)N1CCC(NC(=O)C2CC2)CC1. The Morgan fingerprint density at radius 2 is 1.80 bits per heavy atom. The second-order valence-electron chi connectivity index (χ2n) is 6.19. The molecule has 2 unspecified atom stereocenters. The molecule has 3 aliphatic rings. The van der Waals surface area contributed by atoms with Crippen LogP contribution >= 0.6 is 0 Å². The molecule has 0 spiro atoms. The normalized spacial score (nSPS) is 31.4. The van der Waals surface area contributed by atoms with Crippen molar-refractivity contribution in [3.63, 3.8) is 0 Å². The predicted octanol–water partition coefficient (Wildman–Crippen LogP) is -0.523. The highest BCUT2D eigenvalue weighted by Gasteiger charge is 2.36. The highest BCUT2D eigenvalue weighted by molar-refractivity contribution is 5.81. The molecule has 0 aromatic carbocycles. The highest BCUT2D eigenvalue weighted by atomic mass is 16.5.